The number of methoxy groups -OCH3 is 1. The molecule has 23 heavy (non-hydrogen) atoms. The number of carbonyl (C=O) groups is 3. The van der Waals surface area contributed by atoms with Crippen LogP contribution in [0.2, 0.25) is 0 Å². The average Bonchev–Trinajstić information content (AvgIpc) is 2.89. The summed E-state index contributed by atoms with van der Waals surface area (Å²) in [6.45, 7) is 0.797. The molecule has 2 heterocycles. The molecule has 0 radical (unpaired) electrons. The molecule has 0 N–H and O–H groups in total. The fraction of sp³-hybridized carbons (Fsp3) is 0.471. The van der Waals surface area contributed by atoms with Gasteiger partial charge < -0.3 is 9.64 Å². The van der Waals surface area contributed by atoms with E-state index in [0.717, 1.165) is 24.1 Å². The van der Waals surface area contributed by atoms with Gasteiger partial charge in [-0.3, -0.25) is 19.3 Å². The van der Waals surface area contributed by atoms with Crippen LogP contribution >= 0.6 is 0 Å². The first-order valence-electron chi connectivity index (χ1n) is 7.91. The number of para-hydroxylation sites is 1. The van der Waals surface area contributed by atoms with Crippen molar-refractivity contribution in [3.8, 4) is 5.75 Å². The summed E-state index contributed by atoms with van der Waals surface area (Å²) in [5.41, 5.74) is 1.92. The highest BCUT2D eigenvalue weighted by molar-refractivity contribution is 6.03. The van der Waals surface area contributed by atoms with Crippen LogP contribution in [0.1, 0.15) is 31.2 Å². The van der Waals surface area contributed by atoms with Crippen LogP contribution in [0.25, 0.3) is 0 Å². The Morgan fingerprint density at radius 3 is 2.61 bits per heavy atom. The van der Waals surface area contributed by atoms with Crippen LogP contribution in [0.15, 0.2) is 18.2 Å². The van der Waals surface area contributed by atoms with Crippen molar-refractivity contribution in [1.82, 2.24) is 4.90 Å². The summed E-state index contributed by atoms with van der Waals surface area (Å²) in [6, 6.07) is 5.77. The number of carbonyl (C=O) groups excluding carboxylic acids is 3. The van der Waals surface area contributed by atoms with Crippen molar-refractivity contribution in [2.24, 2.45) is 0 Å². The number of imide groups is 1. The number of ether oxygens (including phenoxy) is 1. The number of likely N-dealkylation sites (tertiary alicyclic amines) is 1. The molecule has 3 rings (SSSR count). The van der Waals surface area contributed by atoms with Gasteiger partial charge in [-0.15, -0.1) is 0 Å². The van der Waals surface area contributed by atoms with Crippen LogP contribution in [0, 0.1) is 0 Å². The molecule has 6 nitrogen and oxygen atoms in total. The minimum Gasteiger partial charge on any atom is -0.495 e. The fourth-order valence-corrected chi connectivity index (χ4v) is 3.24. The summed E-state index contributed by atoms with van der Waals surface area (Å²) in [5.74, 6) is 0.241. The molecule has 0 aromatic heterocycles. The summed E-state index contributed by atoms with van der Waals surface area (Å²) < 4.78 is 5.39. The monoisotopic (exact) mass is 316 g/mol. The number of fused-ring (bicyclic) bond motifs is 1. The van der Waals surface area contributed by atoms with Gasteiger partial charge >= 0.3 is 0 Å². The number of hydrogen-bond acceptors (Lipinski definition) is 4. The zero-order valence-electron chi connectivity index (χ0n) is 13.2. The van der Waals surface area contributed by atoms with Crippen LogP contribution in [0.3, 0.4) is 0 Å². The first-order chi connectivity index (χ1) is 11.1. The molecule has 0 bridgehead atoms. The van der Waals surface area contributed by atoms with Crippen molar-refractivity contribution in [2.45, 2.75) is 32.1 Å². The standard InChI is InChI=1S/C17H20N2O4/c1-23-13-6-2-4-12-5-3-10-19(17(12)13)16(22)9-11-18-14(20)7-8-15(18)21/h2,4,6H,3,5,7-11H2,1H3. The number of rotatable bonds is 4. The molecule has 0 atom stereocenters. The van der Waals surface area contributed by atoms with E-state index >= 15 is 0 Å². The second-order valence-electron chi connectivity index (χ2n) is 5.81. The number of hydrogen-bond donors (Lipinski definition) is 0. The van der Waals surface area contributed by atoms with E-state index in [4.69, 9.17) is 4.74 Å². The Bertz CT molecular complexity index is 626. The molecule has 0 aliphatic carbocycles. The van der Waals surface area contributed by atoms with E-state index in [1.165, 1.54) is 4.90 Å². The van der Waals surface area contributed by atoms with E-state index in [2.05, 4.69) is 0 Å². The maximum Gasteiger partial charge on any atom is 0.229 e. The van der Waals surface area contributed by atoms with Crippen molar-refractivity contribution in [1.29, 1.82) is 0 Å². The topological polar surface area (TPSA) is 66.9 Å². The van der Waals surface area contributed by atoms with Crippen molar-refractivity contribution in [2.75, 3.05) is 25.1 Å². The molecule has 6 heteroatoms. The van der Waals surface area contributed by atoms with Gasteiger partial charge in [-0.25, -0.2) is 0 Å². The van der Waals surface area contributed by atoms with E-state index in [-0.39, 0.29) is 43.5 Å². The predicted octanol–water partition coefficient (Wildman–Crippen LogP) is 1.51. The Morgan fingerprint density at radius 2 is 1.91 bits per heavy atom. The summed E-state index contributed by atoms with van der Waals surface area (Å²) in [4.78, 5) is 38.8. The molecule has 2 aliphatic heterocycles. The zero-order chi connectivity index (χ0) is 16.4. The Hall–Kier alpha value is -2.37. The summed E-state index contributed by atoms with van der Waals surface area (Å²) in [7, 11) is 1.59. The van der Waals surface area contributed by atoms with Crippen LogP contribution in [-0.4, -0.2) is 42.8 Å². The number of amides is 3. The van der Waals surface area contributed by atoms with E-state index in [0.29, 0.717) is 12.3 Å². The van der Waals surface area contributed by atoms with Gasteiger partial charge in [0.25, 0.3) is 0 Å². The molecule has 0 saturated carbocycles. The summed E-state index contributed by atoms with van der Waals surface area (Å²) in [6.07, 6.45) is 2.47. The minimum absolute atomic E-state index is 0.0806. The highest BCUT2D eigenvalue weighted by Crippen LogP contribution is 2.36. The second-order valence-corrected chi connectivity index (χ2v) is 5.81. The molecule has 0 unspecified atom stereocenters. The van der Waals surface area contributed by atoms with Gasteiger partial charge in [0.05, 0.1) is 12.8 Å². The third kappa shape index (κ3) is 2.93. The summed E-state index contributed by atoms with van der Waals surface area (Å²) in [5, 5.41) is 0. The number of nitrogens with zero attached hydrogens (tertiary/aromatic N) is 2. The maximum absolute atomic E-state index is 12.6. The largest absolute Gasteiger partial charge is 0.495 e. The van der Waals surface area contributed by atoms with Gasteiger partial charge in [0.15, 0.2) is 0 Å². The van der Waals surface area contributed by atoms with Gasteiger partial charge in [0.2, 0.25) is 17.7 Å². The van der Waals surface area contributed by atoms with Crippen molar-refractivity contribution >= 4 is 23.4 Å². The quantitative estimate of drug-likeness (QED) is 0.790. The number of benzene rings is 1. The van der Waals surface area contributed by atoms with Crippen LogP contribution in [-0.2, 0) is 20.8 Å². The maximum atomic E-state index is 12.6. The van der Waals surface area contributed by atoms with Crippen LogP contribution < -0.4 is 9.64 Å². The zero-order valence-corrected chi connectivity index (χ0v) is 13.2. The molecule has 3 amide bonds. The number of anilines is 1. The molecular weight excluding hydrogens is 296 g/mol. The lowest BCUT2D eigenvalue weighted by Gasteiger charge is -2.31. The molecule has 122 valence electrons. The van der Waals surface area contributed by atoms with Crippen LogP contribution in [0.4, 0.5) is 5.69 Å². The minimum atomic E-state index is -0.181. The first kappa shape index (κ1) is 15.5. The van der Waals surface area contributed by atoms with E-state index in [9.17, 15) is 14.4 Å². The highest BCUT2D eigenvalue weighted by Gasteiger charge is 2.31. The van der Waals surface area contributed by atoms with Crippen molar-refractivity contribution in [3.05, 3.63) is 23.8 Å². The third-order valence-electron chi connectivity index (χ3n) is 4.41. The fourth-order valence-electron chi connectivity index (χ4n) is 3.24. The van der Waals surface area contributed by atoms with Gasteiger partial charge in [-0.05, 0) is 24.5 Å². The SMILES string of the molecule is COc1cccc2c1N(C(=O)CCN1C(=O)CCC1=O)CCC2. The van der Waals surface area contributed by atoms with Gasteiger partial charge in [0, 0.05) is 32.4 Å². The Kier molecular flexibility index (Phi) is 4.32. The van der Waals surface area contributed by atoms with Crippen molar-refractivity contribution in [3.63, 3.8) is 0 Å². The molecule has 1 aromatic carbocycles. The Balaban J connectivity index is 1.74. The molecule has 1 fully saturated rings. The third-order valence-corrected chi connectivity index (χ3v) is 4.41. The lowest BCUT2D eigenvalue weighted by Crippen LogP contribution is -2.39. The van der Waals surface area contributed by atoms with E-state index in [1.807, 2.05) is 18.2 Å². The van der Waals surface area contributed by atoms with Crippen LogP contribution in [0.5, 0.6) is 5.75 Å². The molecule has 2 aliphatic rings. The predicted molar refractivity (Wildman–Crippen MR) is 84.2 cm³/mol. The smallest absolute Gasteiger partial charge is 0.229 e. The lowest BCUT2D eigenvalue weighted by atomic mass is 10.0. The normalized spacial score (nSPS) is 17.4. The van der Waals surface area contributed by atoms with Gasteiger partial charge in [0.1, 0.15) is 5.75 Å². The van der Waals surface area contributed by atoms with Gasteiger partial charge in [-0.1, -0.05) is 12.1 Å². The van der Waals surface area contributed by atoms with Crippen molar-refractivity contribution < 1.29 is 19.1 Å². The van der Waals surface area contributed by atoms with Gasteiger partial charge in [-0.2, -0.15) is 0 Å². The number of aryl methyl sites for hydroxylation is 1. The Morgan fingerprint density at radius 1 is 1.17 bits per heavy atom. The second kappa shape index (κ2) is 6.40. The lowest BCUT2D eigenvalue weighted by molar-refractivity contribution is -0.138. The van der Waals surface area contributed by atoms with E-state index < -0.39 is 0 Å². The highest BCUT2D eigenvalue weighted by atomic mass is 16.5. The van der Waals surface area contributed by atoms with E-state index in [1.54, 1.807) is 12.0 Å². The molecule has 1 aromatic rings. The molecule has 0 spiro atoms. The Labute approximate surface area is 135 Å². The first-order valence-corrected chi connectivity index (χ1v) is 7.91. The summed E-state index contributed by atoms with van der Waals surface area (Å²) >= 11 is 0. The average molecular weight is 316 g/mol. The molecule has 1 saturated heterocycles. The molecular formula is C17H20N2O4.